The van der Waals surface area contributed by atoms with Gasteiger partial charge in [-0.05, 0) is 23.6 Å². The van der Waals surface area contributed by atoms with E-state index < -0.39 is 0 Å². The van der Waals surface area contributed by atoms with Gasteiger partial charge < -0.3 is 5.32 Å². The minimum atomic E-state index is 0.501. The third kappa shape index (κ3) is 2.44. The number of rotatable bonds is 3. The first-order valence-electron chi connectivity index (χ1n) is 5.04. The molecule has 0 aliphatic heterocycles. The van der Waals surface area contributed by atoms with Crippen LogP contribution in [0.25, 0.3) is 0 Å². The summed E-state index contributed by atoms with van der Waals surface area (Å²) in [6, 6.07) is 13.3. The predicted molar refractivity (Wildman–Crippen MR) is 67.5 cm³/mol. The van der Waals surface area contributed by atoms with E-state index in [9.17, 15) is 0 Å². The Balaban J connectivity index is 2.26. The molecule has 0 bridgehead atoms. The number of thiophene rings is 1. The van der Waals surface area contributed by atoms with Crippen molar-refractivity contribution in [2.45, 2.75) is 6.54 Å². The van der Waals surface area contributed by atoms with Crippen molar-refractivity contribution in [2.75, 3.05) is 5.32 Å². The van der Waals surface area contributed by atoms with Crippen molar-refractivity contribution in [2.24, 2.45) is 0 Å². The van der Waals surface area contributed by atoms with Gasteiger partial charge in [0.2, 0.25) is 0 Å². The third-order valence-corrected chi connectivity index (χ3v) is 3.20. The van der Waals surface area contributed by atoms with Gasteiger partial charge in [0.05, 0.1) is 16.8 Å². The Bertz CT molecular complexity index is 556. The lowest BCUT2D eigenvalue weighted by Crippen LogP contribution is -2.02. The zero-order chi connectivity index (χ0) is 12.1. The van der Waals surface area contributed by atoms with Crippen molar-refractivity contribution in [3.63, 3.8) is 0 Å². The Morgan fingerprint density at radius 3 is 2.29 bits per heavy atom. The lowest BCUT2D eigenvalue weighted by atomic mass is 10.1. The van der Waals surface area contributed by atoms with Gasteiger partial charge in [0, 0.05) is 11.4 Å². The maximum absolute atomic E-state index is 9.00. The van der Waals surface area contributed by atoms with Crippen LogP contribution in [0.5, 0.6) is 0 Å². The molecule has 4 heteroatoms. The lowest BCUT2D eigenvalue weighted by Gasteiger charge is -2.08. The summed E-state index contributed by atoms with van der Waals surface area (Å²) >= 11 is 1.64. The smallest absolute Gasteiger partial charge is 0.101 e. The van der Waals surface area contributed by atoms with Gasteiger partial charge in [-0.15, -0.1) is 11.3 Å². The Hall–Kier alpha value is -2.30. The van der Waals surface area contributed by atoms with Crippen LogP contribution in [0.2, 0.25) is 0 Å². The first kappa shape index (κ1) is 11.2. The van der Waals surface area contributed by atoms with Crippen molar-refractivity contribution in [3.05, 3.63) is 51.7 Å². The highest BCUT2D eigenvalue weighted by molar-refractivity contribution is 7.09. The zero-order valence-corrected chi connectivity index (χ0v) is 9.79. The van der Waals surface area contributed by atoms with Crippen LogP contribution >= 0.6 is 11.3 Å². The van der Waals surface area contributed by atoms with Crippen LogP contribution in [0.1, 0.15) is 16.0 Å². The number of hydrogen-bond donors (Lipinski definition) is 1. The number of nitrogens with one attached hydrogen (secondary N) is 1. The highest BCUT2D eigenvalue weighted by atomic mass is 32.1. The first-order valence-corrected chi connectivity index (χ1v) is 5.92. The minimum absolute atomic E-state index is 0.501. The Morgan fingerprint density at radius 2 is 1.76 bits per heavy atom. The lowest BCUT2D eigenvalue weighted by molar-refractivity contribution is 1.18. The zero-order valence-electron chi connectivity index (χ0n) is 8.97. The van der Waals surface area contributed by atoms with E-state index in [1.165, 1.54) is 4.88 Å². The number of nitriles is 2. The van der Waals surface area contributed by atoms with Gasteiger partial charge >= 0.3 is 0 Å². The Labute approximate surface area is 104 Å². The molecule has 82 valence electrons. The maximum atomic E-state index is 9.00. The average Bonchev–Trinajstić information content (AvgIpc) is 2.88. The molecule has 0 saturated carbocycles. The summed E-state index contributed by atoms with van der Waals surface area (Å²) in [4.78, 5) is 1.17. The number of hydrogen-bond acceptors (Lipinski definition) is 4. The van der Waals surface area contributed by atoms with Crippen LogP contribution in [0, 0.1) is 22.7 Å². The number of nitrogens with zero attached hydrogens (tertiary/aromatic N) is 2. The van der Waals surface area contributed by atoms with Crippen LogP contribution in [-0.2, 0) is 6.54 Å². The van der Waals surface area contributed by atoms with E-state index in [0.717, 1.165) is 0 Å². The van der Waals surface area contributed by atoms with Gasteiger partial charge in [-0.3, -0.25) is 0 Å². The molecule has 2 rings (SSSR count). The fourth-order valence-corrected chi connectivity index (χ4v) is 2.16. The molecule has 1 aromatic heterocycles. The minimum Gasteiger partial charge on any atom is -0.378 e. The SMILES string of the molecule is N#Cc1cccc(C#N)c1NCc1cccs1. The first-order chi connectivity index (χ1) is 8.35. The standard InChI is InChI=1S/C13H9N3S/c14-7-10-3-1-4-11(8-15)13(10)16-9-12-5-2-6-17-12/h1-6,16H,9H2. The second kappa shape index (κ2) is 5.16. The molecule has 17 heavy (non-hydrogen) atoms. The molecule has 0 spiro atoms. The number of benzene rings is 1. The Kier molecular flexibility index (Phi) is 3.40. The summed E-state index contributed by atoms with van der Waals surface area (Å²) in [5, 5.41) is 23.1. The van der Waals surface area contributed by atoms with Crippen molar-refractivity contribution in [3.8, 4) is 12.1 Å². The number of anilines is 1. The van der Waals surface area contributed by atoms with Gasteiger partial charge in [0.15, 0.2) is 0 Å². The molecule has 1 aromatic carbocycles. The molecule has 0 amide bonds. The molecule has 0 radical (unpaired) electrons. The maximum Gasteiger partial charge on any atom is 0.101 e. The van der Waals surface area contributed by atoms with E-state index in [-0.39, 0.29) is 0 Å². The van der Waals surface area contributed by atoms with Gasteiger partial charge in [0.25, 0.3) is 0 Å². The van der Waals surface area contributed by atoms with Crippen LogP contribution in [-0.4, -0.2) is 0 Å². The Morgan fingerprint density at radius 1 is 1.06 bits per heavy atom. The number of para-hydroxylation sites is 1. The summed E-state index contributed by atoms with van der Waals surface area (Å²) in [7, 11) is 0. The average molecular weight is 239 g/mol. The quantitative estimate of drug-likeness (QED) is 0.895. The molecule has 1 heterocycles. The van der Waals surface area contributed by atoms with Crippen molar-refractivity contribution >= 4 is 17.0 Å². The third-order valence-electron chi connectivity index (χ3n) is 2.32. The molecule has 1 N–H and O–H groups in total. The molecular formula is C13H9N3S. The van der Waals surface area contributed by atoms with Gasteiger partial charge in [-0.2, -0.15) is 10.5 Å². The van der Waals surface area contributed by atoms with Crippen molar-refractivity contribution in [1.82, 2.24) is 0 Å². The molecule has 0 atom stereocenters. The van der Waals surface area contributed by atoms with E-state index >= 15 is 0 Å². The second-order valence-electron chi connectivity index (χ2n) is 3.38. The van der Waals surface area contributed by atoms with Crippen molar-refractivity contribution in [1.29, 1.82) is 10.5 Å². The topological polar surface area (TPSA) is 59.6 Å². The second-order valence-corrected chi connectivity index (χ2v) is 4.42. The summed E-state index contributed by atoms with van der Waals surface area (Å²) < 4.78 is 0. The molecule has 0 aliphatic rings. The molecule has 0 fully saturated rings. The van der Waals surface area contributed by atoms with Crippen LogP contribution in [0.4, 0.5) is 5.69 Å². The normalized spacial score (nSPS) is 9.29. The molecule has 0 unspecified atom stereocenters. The fraction of sp³-hybridized carbons (Fsp3) is 0.0769. The van der Waals surface area contributed by atoms with Gasteiger partial charge in [0.1, 0.15) is 12.1 Å². The monoisotopic (exact) mass is 239 g/mol. The van der Waals surface area contributed by atoms with E-state index in [1.54, 1.807) is 29.5 Å². The van der Waals surface area contributed by atoms with E-state index in [4.69, 9.17) is 10.5 Å². The molecular weight excluding hydrogens is 230 g/mol. The summed E-state index contributed by atoms with van der Waals surface area (Å²) in [5.41, 5.74) is 1.62. The highest BCUT2D eigenvalue weighted by Crippen LogP contribution is 2.21. The van der Waals surface area contributed by atoms with Crippen LogP contribution < -0.4 is 5.32 Å². The van der Waals surface area contributed by atoms with E-state index in [0.29, 0.717) is 23.4 Å². The summed E-state index contributed by atoms with van der Waals surface area (Å²) in [6.45, 7) is 0.630. The summed E-state index contributed by atoms with van der Waals surface area (Å²) in [6.07, 6.45) is 0. The van der Waals surface area contributed by atoms with E-state index in [1.807, 2.05) is 17.5 Å². The predicted octanol–water partition coefficient (Wildman–Crippen LogP) is 3.10. The van der Waals surface area contributed by atoms with Crippen molar-refractivity contribution < 1.29 is 0 Å². The molecule has 2 aromatic rings. The van der Waals surface area contributed by atoms with Crippen LogP contribution in [0.15, 0.2) is 35.7 Å². The molecule has 0 aliphatic carbocycles. The summed E-state index contributed by atoms with van der Waals surface area (Å²) in [5.74, 6) is 0. The van der Waals surface area contributed by atoms with Gasteiger partial charge in [-0.1, -0.05) is 12.1 Å². The van der Waals surface area contributed by atoms with E-state index in [2.05, 4.69) is 17.5 Å². The largest absolute Gasteiger partial charge is 0.378 e. The van der Waals surface area contributed by atoms with Gasteiger partial charge in [-0.25, -0.2) is 0 Å². The molecule has 0 saturated heterocycles. The fourth-order valence-electron chi connectivity index (χ4n) is 1.52. The molecule has 3 nitrogen and oxygen atoms in total. The highest BCUT2D eigenvalue weighted by Gasteiger charge is 2.07. The van der Waals surface area contributed by atoms with Crippen LogP contribution in [0.3, 0.4) is 0 Å².